The van der Waals surface area contributed by atoms with Crippen molar-refractivity contribution in [3.8, 4) is 11.5 Å². The maximum Gasteiger partial charge on any atom is 0.248 e. The molecule has 1 saturated heterocycles. The van der Waals surface area contributed by atoms with E-state index in [9.17, 15) is 9.59 Å². The van der Waals surface area contributed by atoms with E-state index in [2.05, 4.69) is 4.85 Å². The molecular formula is C24H18ClN3O3. The predicted molar refractivity (Wildman–Crippen MR) is 119 cm³/mol. The second-order valence-electron chi connectivity index (χ2n) is 7.18. The van der Waals surface area contributed by atoms with Gasteiger partial charge >= 0.3 is 0 Å². The first-order valence-corrected chi connectivity index (χ1v) is 9.98. The first kappa shape index (κ1) is 20.5. The van der Waals surface area contributed by atoms with E-state index in [1.54, 1.807) is 65.6 Å². The summed E-state index contributed by atoms with van der Waals surface area (Å²) in [7, 11) is 0. The molecule has 1 aliphatic heterocycles. The molecule has 1 atom stereocenters. The second-order valence-corrected chi connectivity index (χ2v) is 7.62. The fourth-order valence-corrected chi connectivity index (χ4v) is 3.84. The van der Waals surface area contributed by atoms with Crippen molar-refractivity contribution in [3.05, 3.63) is 94.3 Å². The molecule has 0 spiro atoms. The van der Waals surface area contributed by atoms with Crippen LogP contribution in [0.2, 0.25) is 5.02 Å². The topological polar surface area (TPSA) is 77.0 Å². The number of nitrogens with two attached hydrogens (primary N) is 1. The highest BCUT2D eigenvalue weighted by Gasteiger charge is 2.33. The van der Waals surface area contributed by atoms with Gasteiger partial charge in [0.2, 0.25) is 17.5 Å². The number of ether oxygens (including phenoxy) is 1. The molecule has 0 radical (unpaired) electrons. The smallest absolute Gasteiger partial charge is 0.248 e. The SMILES string of the molecule is [C-]#[N+]c1ccccc1Oc1cc(Cl)ccc1[C@H]1CC(=O)N(c2cccc(C(N)=O)c2)C1. The van der Waals surface area contributed by atoms with Crippen LogP contribution < -0.4 is 15.4 Å². The summed E-state index contributed by atoms with van der Waals surface area (Å²) in [4.78, 5) is 29.4. The third-order valence-corrected chi connectivity index (χ3v) is 5.42. The summed E-state index contributed by atoms with van der Waals surface area (Å²) in [6, 6.07) is 19.0. The van der Waals surface area contributed by atoms with Gasteiger partial charge in [-0.05, 0) is 36.4 Å². The molecule has 3 aromatic carbocycles. The van der Waals surface area contributed by atoms with Gasteiger partial charge in [-0.3, -0.25) is 9.59 Å². The minimum Gasteiger partial charge on any atom is -0.468 e. The quantitative estimate of drug-likeness (QED) is 0.556. The molecule has 6 nitrogen and oxygen atoms in total. The molecule has 154 valence electrons. The Morgan fingerprint density at radius 1 is 1.10 bits per heavy atom. The summed E-state index contributed by atoms with van der Waals surface area (Å²) < 4.78 is 6.06. The lowest BCUT2D eigenvalue weighted by Crippen LogP contribution is -2.24. The molecule has 31 heavy (non-hydrogen) atoms. The normalized spacial score (nSPS) is 15.5. The van der Waals surface area contributed by atoms with Crippen LogP contribution in [0.4, 0.5) is 11.4 Å². The number of carbonyl (C=O) groups is 2. The van der Waals surface area contributed by atoms with Crippen LogP contribution in [0.25, 0.3) is 4.85 Å². The minimum absolute atomic E-state index is 0.0610. The van der Waals surface area contributed by atoms with Crippen LogP contribution in [-0.4, -0.2) is 18.4 Å². The summed E-state index contributed by atoms with van der Waals surface area (Å²) in [5, 5.41) is 0.495. The van der Waals surface area contributed by atoms with E-state index in [1.807, 2.05) is 6.07 Å². The number of nitrogens with zero attached hydrogens (tertiary/aromatic N) is 2. The van der Waals surface area contributed by atoms with Crippen LogP contribution in [0.5, 0.6) is 11.5 Å². The van der Waals surface area contributed by atoms with Crippen LogP contribution in [0.3, 0.4) is 0 Å². The average molecular weight is 432 g/mol. The van der Waals surface area contributed by atoms with Crippen LogP contribution in [0.15, 0.2) is 66.7 Å². The molecule has 2 amide bonds. The van der Waals surface area contributed by atoms with Gasteiger partial charge in [0.15, 0.2) is 0 Å². The van der Waals surface area contributed by atoms with Gasteiger partial charge in [0.1, 0.15) is 11.5 Å². The fraction of sp³-hybridized carbons (Fsp3) is 0.125. The number of hydrogen-bond acceptors (Lipinski definition) is 3. The zero-order valence-corrected chi connectivity index (χ0v) is 17.2. The number of anilines is 1. The number of para-hydroxylation sites is 2. The van der Waals surface area contributed by atoms with Crippen LogP contribution in [-0.2, 0) is 4.79 Å². The zero-order chi connectivity index (χ0) is 22.0. The predicted octanol–water partition coefficient (Wildman–Crippen LogP) is 5.30. The van der Waals surface area contributed by atoms with Gasteiger partial charge in [-0.1, -0.05) is 41.9 Å². The largest absolute Gasteiger partial charge is 0.468 e. The molecular weight excluding hydrogens is 414 g/mol. The Hall–Kier alpha value is -3.82. The first-order chi connectivity index (χ1) is 15.0. The Labute approximate surface area is 184 Å². The molecule has 3 aromatic rings. The van der Waals surface area contributed by atoms with E-state index in [-0.39, 0.29) is 18.2 Å². The van der Waals surface area contributed by atoms with Crippen molar-refractivity contribution in [2.45, 2.75) is 12.3 Å². The van der Waals surface area contributed by atoms with Gasteiger partial charge in [0.25, 0.3) is 0 Å². The second kappa shape index (κ2) is 8.50. The van der Waals surface area contributed by atoms with Gasteiger partial charge in [0, 0.05) is 40.7 Å². The molecule has 4 rings (SSSR count). The van der Waals surface area contributed by atoms with Crippen LogP contribution >= 0.6 is 11.6 Å². The number of rotatable bonds is 5. The monoisotopic (exact) mass is 431 g/mol. The Balaban J connectivity index is 1.65. The summed E-state index contributed by atoms with van der Waals surface area (Å²) in [6.07, 6.45) is 0.281. The average Bonchev–Trinajstić information content (AvgIpc) is 3.15. The van der Waals surface area contributed by atoms with E-state index in [4.69, 9.17) is 28.6 Å². The van der Waals surface area contributed by atoms with E-state index < -0.39 is 5.91 Å². The maximum absolute atomic E-state index is 12.8. The lowest BCUT2D eigenvalue weighted by atomic mass is 9.97. The number of carbonyl (C=O) groups excluding carboxylic acids is 2. The van der Waals surface area contributed by atoms with Crippen molar-refractivity contribution >= 4 is 34.8 Å². The van der Waals surface area contributed by atoms with Crippen LogP contribution in [0, 0.1) is 6.57 Å². The summed E-state index contributed by atoms with van der Waals surface area (Å²) >= 11 is 6.20. The van der Waals surface area contributed by atoms with Crippen molar-refractivity contribution in [3.63, 3.8) is 0 Å². The van der Waals surface area contributed by atoms with Crippen molar-refractivity contribution < 1.29 is 14.3 Å². The number of primary amides is 1. The highest BCUT2D eigenvalue weighted by molar-refractivity contribution is 6.30. The number of halogens is 1. The Morgan fingerprint density at radius 2 is 1.90 bits per heavy atom. The van der Waals surface area contributed by atoms with Crippen molar-refractivity contribution in [1.29, 1.82) is 0 Å². The van der Waals surface area contributed by atoms with Gasteiger partial charge in [-0.15, -0.1) is 0 Å². The maximum atomic E-state index is 12.8. The lowest BCUT2D eigenvalue weighted by molar-refractivity contribution is -0.117. The molecule has 0 aliphatic carbocycles. The molecule has 1 aliphatic rings. The van der Waals surface area contributed by atoms with Gasteiger partial charge < -0.3 is 15.4 Å². The molecule has 1 heterocycles. The molecule has 0 aromatic heterocycles. The standard InChI is InChI=1S/C24H18ClN3O3/c1-27-20-7-2-3-8-21(20)31-22-13-17(25)9-10-19(22)16-12-23(29)28(14-16)18-6-4-5-15(11-18)24(26)30/h2-11,13,16H,12,14H2,(H2,26,30)/t16-/m0/s1. The summed E-state index contributed by atoms with van der Waals surface area (Å²) in [5.74, 6) is 0.189. The third kappa shape index (κ3) is 4.23. The highest BCUT2D eigenvalue weighted by atomic mass is 35.5. The highest BCUT2D eigenvalue weighted by Crippen LogP contribution is 2.41. The number of benzene rings is 3. The van der Waals surface area contributed by atoms with Crippen molar-refractivity contribution in [2.24, 2.45) is 5.73 Å². The number of hydrogen-bond donors (Lipinski definition) is 1. The first-order valence-electron chi connectivity index (χ1n) is 9.60. The Kier molecular flexibility index (Phi) is 5.61. The molecule has 1 fully saturated rings. The lowest BCUT2D eigenvalue weighted by Gasteiger charge is -2.19. The Morgan fingerprint density at radius 3 is 2.68 bits per heavy atom. The summed E-state index contributed by atoms with van der Waals surface area (Å²) in [5.41, 5.74) is 7.56. The molecule has 2 N–H and O–H groups in total. The van der Waals surface area contributed by atoms with E-state index in [1.165, 1.54) is 0 Å². The molecule has 7 heteroatoms. The minimum atomic E-state index is -0.545. The molecule has 0 bridgehead atoms. The van der Waals surface area contributed by atoms with E-state index in [0.717, 1.165) is 5.56 Å². The van der Waals surface area contributed by atoms with Crippen molar-refractivity contribution in [1.82, 2.24) is 0 Å². The van der Waals surface area contributed by atoms with E-state index >= 15 is 0 Å². The zero-order valence-electron chi connectivity index (χ0n) is 16.4. The Bertz CT molecular complexity index is 1220. The fourth-order valence-electron chi connectivity index (χ4n) is 3.68. The van der Waals surface area contributed by atoms with Crippen molar-refractivity contribution in [2.75, 3.05) is 11.4 Å². The van der Waals surface area contributed by atoms with Gasteiger partial charge in [0.05, 0.1) is 6.57 Å². The molecule has 0 saturated carbocycles. The molecule has 0 unspecified atom stereocenters. The summed E-state index contributed by atoms with van der Waals surface area (Å²) in [6.45, 7) is 7.76. The van der Waals surface area contributed by atoms with Crippen LogP contribution in [0.1, 0.15) is 28.3 Å². The van der Waals surface area contributed by atoms with E-state index in [0.29, 0.717) is 40.0 Å². The third-order valence-electron chi connectivity index (χ3n) is 5.19. The number of amides is 2. The van der Waals surface area contributed by atoms with Gasteiger partial charge in [-0.25, -0.2) is 4.85 Å². The van der Waals surface area contributed by atoms with Gasteiger partial charge in [-0.2, -0.15) is 0 Å².